The summed E-state index contributed by atoms with van der Waals surface area (Å²) >= 11 is 0. The van der Waals surface area contributed by atoms with Gasteiger partial charge in [-0.25, -0.2) is 0 Å². The summed E-state index contributed by atoms with van der Waals surface area (Å²) in [6.07, 6.45) is 0. The van der Waals surface area contributed by atoms with Gasteiger partial charge < -0.3 is 4.90 Å². The fourth-order valence-corrected chi connectivity index (χ4v) is 1.81. The molecule has 0 unspecified atom stereocenters. The maximum absolute atomic E-state index is 12.0. The number of likely N-dealkylation sites (N-methyl/N-ethyl adjacent to an activating group) is 1. The minimum Gasteiger partial charge on any atom is -0.333 e. The summed E-state index contributed by atoms with van der Waals surface area (Å²) in [6.45, 7) is 6.46. The molecule has 0 atom stereocenters. The lowest BCUT2D eigenvalue weighted by molar-refractivity contribution is 0.0303. The average molecular weight is 224 g/mol. The summed E-state index contributed by atoms with van der Waals surface area (Å²) < 4.78 is 0. The van der Waals surface area contributed by atoms with E-state index in [-0.39, 0.29) is 17.3 Å². The van der Waals surface area contributed by atoms with Crippen molar-refractivity contribution in [3.8, 4) is 0 Å². The van der Waals surface area contributed by atoms with Crippen LogP contribution >= 0.6 is 0 Å². The number of carbonyl (C=O) groups is 1. The van der Waals surface area contributed by atoms with Gasteiger partial charge in [-0.05, 0) is 26.1 Å². The number of rotatable bonds is 1. The van der Waals surface area contributed by atoms with E-state index < -0.39 is 0 Å². The summed E-state index contributed by atoms with van der Waals surface area (Å²) in [5, 5.41) is 13.1. The topological polar surface area (TPSA) is 78.0 Å². The fraction of sp³-hybridized carbons (Fsp3) is 0.778. The van der Waals surface area contributed by atoms with Crippen molar-refractivity contribution in [3.63, 3.8) is 0 Å². The van der Waals surface area contributed by atoms with Crippen LogP contribution in [0.2, 0.25) is 0 Å². The Balaban J connectivity index is 2.10. The van der Waals surface area contributed by atoms with Gasteiger partial charge in [0.25, 0.3) is 11.7 Å². The Morgan fingerprint density at radius 1 is 1.44 bits per heavy atom. The lowest BCUT2D eigenvalue weighted by Crippen LogP contribution is -2.59. The van der Waals surface area contributed by atoms with Crippen molar-refractivity contribution in [2.75, 3.05) is 26.7 Å². The molecular formula is C9H16N6O. The first-order valence-electron chi connectivity index (χ1n) is 5.25. The Bertz CT molecular complexity index is 373. The molecule has 0 saturated carbocycles. The molecule has 1 aliphatic heterocycles. The van der Waals surface area contributed by atoms with Crippen LogP contribution in [-0.2, 0) is 0 Å². The van der Waals surface area contributed by atoms with Crippen molar-refractivity contribution >= 4 is 5.91 Å². The minimum absolute atomic E-state index is 0.0162. The maximum Gasteiger partial charge on any atom is 0.295 e. The lowest BCUT2D eigenvalue weighted by atomic mass is 10.00. The zero-order valence-electron chi connectivity index (χ0n) is 9.77. The van der Waals surface area contributed by atoms with Crippen molar-refractivity contribution < 1.29 is 4.79 Å². The summed E-state index contributed by atoms with van der Waals surface area (Å²) in [5.74, 6) is -0.0183. The van der Waals surface area contributed by atoms with Crippen LogP contribution in [0.5, 0.6) is 0 Å². The number of nitrogens with one attached hydrogen (secondary N) is 1. The van der Waals surface area contributed by atoms with E-state index in [4.69, 9.17) is 0 Å². The first-order chi connectivity index (χ1) is 7.50. The second-order valence-electron chi connectivity index (χ2n) is 4.70. The molecule has 0 aromatic carbocycles. The number of hydrogen-bond acceptors (Lipinski definition) is 5. The molecule has 7 nitrogen and oxygen atoms in total. The van der Waals surface area contributed by atoms with Crippen LogP contribution in [0, 0.1) is 0 Å². The summed E-state index contributed by atoms with van der Waals surface area (Å²) in [5.41, 5.74) is -0.0162. The Hall–Kier alpha value is -1.50. The van der Waals surface area contributed by atoms with Crippen LogP contribution in [-0.4, -0.2) is 68.6 Å². The third-order valence-corrected chi connectivity index (χ3v) is 3.14. The Morgan fingerprint density at radius 3 is 2.75 bits per heavy atom. The van der Waals surface area contributed by atoms with Gasteiger partial charge in [0.2, 0.25) is 0 Å². The molecule has 7 heteroatoms. The minimum atomic E-state index is -0.157. The van der Waals surface area contributed by atoms with Crippen LogP contribution in [0.3, 0.4) is 0 Å². The number of H-pyrrole nitrogens is 1. The zero-order valence-corrected chi connectivity index (χ0v) is 9.77. The molecule has 1 aromatic heterocycles. The third-order valence-electron chi connectivity index (χ3n) is 3.14. The molecule has 16 heavy (non-hydrogen) atoms. The van der Waals surface area contributed by atoms with Crippen LogP contribution in [0.4, 0.5) is 0 Å². The highest BCUT2D eigenvalue weighted by Crippen LogP contribution is 2.19. The van der Waals surface area contributed by atoms with Crippen LogP contribution < -0.4 is 0 Å². The van der Waals surface area contributed by atoms with Gasteiger partial charge in [-0.3, -0.25) is 9.69 Å². The van der Waals surface area contributed by atoms with Crippen LogP contribution in [0.25, 0.3) is 0 Å². The summed E-state index contributed by atoms with van der Waals surface area (Å²) in [4.78, 5) is 16.0. The molecule has 2 rings (SSSR count). The smallest absolute Gasteiger partial charge is 0.295 e. The normalized spacial score (nSPS) is 21.1. The summed E-state index contributed by atoms with van der Waals surface area (Å²) in [6, 6.07) is 0. The van der Waals surface area contributed by atoms with E-state index in [1.165, 1.54) is 0 Å². The van der Waals surface area contributed by atoms with Crippen LogP contribution in [0.1, 0.15) is 24.5 Å². The molecule has 1 aliphatic rings. The first-order valence-corrected chi connectivity index (χ1v) is 5.25. The molecule has 0 radical (unpaired) electrons. The van der Waals surface area contributed by atoms with Gasteiger partial charge in [-0.1, -0.05) is 0 Å². The highest BCUT2D eigenvalue weighted by Gasteiger charge is 2.34. The Morgan fingerprint density at radius 2 is 2.19 bits per heavy atom. The van der Waals surface area contributed by atoms with Crippen molar-refractivity contribution in [1.29, 1.82) is 0 Å². The monoisotopic (exact) mass is 224 g/mol. The molecule has 1 aromatic rings. The molecule has 1 N–H and O–H groups in total. The van der Waals surface area contributed by atoms with E-state index >= 15 is 0 Å². The Kier molecular flexibility index (Phi) is 2.63. The standard InChI is InChI=1S/C9H16N6O/c1-9(2)6-15(5-4-14(9)3)8(16)7-10-12-13-11-7/h4-6H2,1-3H3,(H,10,11,12,13). The molecule has 0 spiro atoms. The first kappa shape index (κ1) is 11.0. The second kappa shape index (κ2) is 3.82. The number of hydrogen-bond donors (Lipinski definition) is 1. The van der Waals surface area contributed by atoms with Gasteiger partial charge in [-0.15, -0.1) is 10.2 Å². The largest absolute Gasteiger partial charge is 0.333 e. The number of carbonyl (C=O) groups excluding carboxylic acids is 1. The molecule has 0 bridgehead atoms. The van der Waals surface area contributed by atoms with E-state index in [2.05, 4.69) is 46.4 Å². The van der Waals surface area contributed by atoms with Gasteiger partial charge in [0.1, 0.15) is 0 Å². The average Bonchev–Trinajstić information content (AvgIpc) is 2.74. The predicted molar refractivity (Wildman–Crippen MR) is 56.8 cm³/mol. The van der Waals surface area contributed by atoms with Gasteiger partial charge in [0, 0.05) is 25.2 Å². The highest BCUT2D eigenvalue weighted by molar-refractivity contribution is 5.90. The predicted octanol–water partition coefficient (Wildman–Crippen LogP) is -0.634. The number of tetrazole rings is 1. The van der Waals surface area contributed by atoms with Crippen LogP contribution in [0.15, 0.2) is 0 Å². The van der Waals surface area contributed by atoms with E-state index in [0.29, 0.717) is 13.1 Å². The highest BCUT2D eigenvalue weighted by atomic mass is 16.2. The van der Waals surface area contributed by atoms with Gasteiger partial charge in [-0.2, -0.15) is 5.21 Å². The molecular weight excluding hydrogens is 208 g/mol. The zero-order chi connectivity index (χ0) is 11.8. The number of aromatic nitrogens is 4. The van der Waals surface area contributed by atoms with Crippen molar-refractivity contribution in [1.82, 2.24) is 30.4 Å². The quantitative estimate of drug-likeness (QED) is 0.687. The van der Waals surface area contributed by atoms with Crippen molar-refractivity contribution in [2.24, 2.45) is 0 Å². The third kappa shape index (κ3) is 1.90. The van der Waals surface area contributed by atoms with E-state index in [9.17, 15) is 4.79 Å². The lowest BCUT2D eigenvalue weighted by Gasteiger charge is -2.44. The van der Waals surface area contributed by atoms with Gasteiger partial charge in [0.05, 0.1) is 0 Å². The number of aromatic amines is 1. The molecule has 1 fully saturated rings. The molecule has 2 heterocycles. The number of nitrogens with zero attached hydrogens (tertiary/aromatic N) is 5. The second-order valence-corrected chi connectivity index (χ2v) is 4.70. The van der Waals surface area contributed by atoms with Crippen molar-refractivity contribution in [3.05, 3.63) is 5.82 Å². The molecule has 1 amide bonds. The fourth-order valence-electron chi connectivity index (χ4n) is 1.81. The van der Waals surface area contributed by atoms with Gasteiger partial charge >= 0.3 is 0 Å². The molecule has 88 valence electrons. The number of piperazine rings is 1. The molecule has 0 aliphatic carbocycles. The van der Waals surface area contributed by atoms with E-state index in [0.717, 1.165) is 6.54 Å². The SMILES string of the molecule is CN1CCN(C(=O)c2nn[nH]n2)CC1(C)C. The van der Waals surface area contributed by atoms with E-state index in [1.807, 2.05) is 0 Å². The van der Waals surface area contributed by atoms with E-state index in [1.54, 1.807) is 4.90 Å². The number of amides is 1. The summed E-state index contributed by atoms with van der Waals surface area (Å²) in [7, 11) is 2.07. The maximum atomic E-state index is 12.0. The van der Waals surface area contributed by atoms with Crippen molar-refractivity contribution in [2.45, 2.75) is 19.4 Å². The molecule has 1 saturated heterocycles. The van der Waals surface area contributed by atoms with Gasteiger partial charge in [0.15, 0.2) is 0 Å². The Labute approximate surface area is 93.8 Å².